The predicted octanol–water partition coefficient (Wildman–Crippen LogP) is 0.995. The highest BCUT2D eigenvalue weighted by Gasteiger charge is 2.19. The topological polar surface area (TPSA) is 132 Å². The van der Waals surface area contributed by atoms with Crippen molar-refractivity contribution >= 4 is 38.7 Å². The molecule has 0 fully saturated rings. The number of benzene rings is 1. The van der Waals surface area contributed by atoms with E-state index in [1.807, 2.05) is 0 Å². The number of hydrogen-bond acceptors (Lipinski definition) is 6. The van der Waals surface area contributed by atoms with E-state index in [0.29, 0.717) is 0 Å². The van der Waals surface area contributed by atoms with Crippen molar-refractivity contribution in [3.63, 3.8) is 0 Å². The summed E-state index contributed by atoms with van der Waals surface area (Å²) in [6, 6.07) is 2.18. The summed E-state index contributed by atoms with van der Waals surface area (Å²) in [4.78, 5) is 21.9. The molecule has 0 heterocycles. The van der Waals surface area contributed by atoms with Crippen LogP contribution in [0.2, 0.25) is 5.02 Å². The fraction of sp³-hybridized carbons (Fsp3) is 0.364. The van der Waals surface area contributed by atoms with Gasteiger partial charge in [0.25, 0.3) is 11.6 Å². The van der Waals surface area contributed by atoms with Gasteiger partial charge in [-0.05, 0) is 6.07 Å². The van der Waals surface area contributed by atoms with Gasteiger partial charge in [0.05, 0.1) is 15.7 Å². The third kappa shape index (κ3) is 4.57. The molecule has 1 aromatic rings. The molecule has 0 aliphatic heterocycles. The molecule has 0 bridgehead atoms. The molecule has 10 heteroatoms. The number of nitrogens with two attached hydrogens (primary N) is 1. The number of carbonyl (C=O) groups excluding carboxylic acids is 1. The van der Waals surface area contributed by atoms with Crippen LogP contribution >= 0.6 is 11.6 Å². The van der Waals surface area contributed by atoms with Gasteiger partial charge >= 0.3 is 0 Å². The van der Waals surface area contributed by atoms with E-state index < -0.39 is 26.4 Å². The average molecular weight is 336 g/mol. The second kappa shape index (κ2) is 6.72. The predicted molar refractivity (Wildman–Crippen MR) is 79.2 cm³/mol. The lowest BCUT2D eigenvalue weighted by Crippen LogP contribution is -2.29. The molecule has 0 aliphatic carbocycles. The second-order valence-corrected chi connectivity index (χ2v) is 7.02. The Morgan fingerprint density at radius 3 is 2.62 bits per heavy atom. The summed E-state index contributed by atoms with van der Waals surface area (Å²) in [6.45, 7) is 1.41. The summed E-state index contributed by atoms with van der Waals surface area (Å²) >= 11 is 5.73. The quantitative estimate of drug-likeness (QED) is 0.452. The largest absolute Gasteiger partial charge is 0.392 e. The van der Waals surface area contributed by atoms with E-state index in [4.69, 9.17) is 17.3 Å². The molecule has 0 saturated carbocycles. The van der Waals surface area contributed by atoms with Crippen molar-refractivity contribution in [3.05, 3.63) is 32.8 Å². The SMILES string of the molecule is CCS(=O)(=O)CCNC(=O)c1cc(Cl)c(N)c([N+](=O)[O-])c1. The Balaban J connectivity index is 2.87. The van der Waals surface area contributed by atoms with Gasteiger partial charge in [-0.1, -0.05) is 18.5 Å². The molecule has 0 unspecified atom stereocenters. The highest BCUT2D eigenvalue weighted by molar-refractivity contribution is 7.91. The standard InChI is InChI=1S/C11H14ClN3O5S/c1-2-21(19,20)4-3-14-11(16)7-5-8(12)10(13)9(6-7)15(17)18/h5-6H,2-4,13H2,1H3,(H,14,16). The summed E-state index contributed by atoms with van der Waals surface area (Å²) in [7, 11) is -3.20. The molecule has 0 radical (unpaired) electrons. The molecule has 1 amide bonds. The Morgan fingerprint density at radius 1 is 1.48 bits per heavy atom. The lowest BCUT2D eigenvalue weighted by Gasteiger charge is -2.07. The molecule has 0 atom stereocenters. The minimum absolute atomic E-state index is 0.0258. The Hall–Kier alpha value is -1.87. The lowest BCUT2D eigenvalue weighted by molar-refractivity contribution is -0.383. The molecule has 0 aliphatic rings. The van der Waals surface area contributed by atoms with E-state index in [-0.39, 0.29) is 34.3 Å². The van der Waals surface area contributed by atoms with Crippen molar-refractivity contribution in [2.75, 3.05) is 23.8 Å². The minimum Gasteiger partial charge on any atom is -0.392 e. The van der Waals surface area contributed by atoms with Crippen molar-refractivity contribution in [1.29, 1.82) is 0 Å². The van der Waals surface area contributed by atoms with E-state index in [1.54, 1.807) is 0 Å². The molecular weight excluding hydrogens is 322 g/mol. The van der Waals surface area contributed by atoms with Crippen LogP contribution in [0.3, 0.4) is 0 Å². The number of rotatable bonds is 6. The van der Waals surface area contributed by atoms with Crippen molar-refractivity contribution in [2.24, 2.45) is 0 Å². The van der Waals surface area contributed by atoms with Crippen molar-refractivity contribution in [2.45, 2.75) is 6.92 Å². The Kier molecular flexibility index (Phi) is 5.50. The zero-order valence-corrected chi connectivity index (χ0v) is 12.7. The lowest BCUT2D eigenvalue weighted by atomic mass is 10.1. The van der Waals surface area contributed by atoms with E-state index >= 15 is 0 Å². The van der Waals surface area contributed by atoms with Gasteiger partial charge in [-0.25, -0.2) is 8.42 Å². The average Bonchev–Trinajstić information content (AvgIpc) is 2.40. The van der Waals surface area contributed by atoms with Crippen LogP contribution < -0.4 is 11.1 Å². The number of carbonyl (C=O) groups is 1. The minimum atomic E-state index is -3.20. The molecule has 21 heavy (non-hydrogen) atoms. The number of halogens is 1. The van der Waals surface area contributed by atoms with Crippen LogP contribution in [0.1, 0.15) is 17.3 Å². The maximum atomic E-state index is 11.8. The maximum Gasteiger partial charge on any atom is 0.294 e. The third-order valence-electron chi connectivity index (χ3n) is 2.71. The first kappa shape index (κ1) is 17.2. The maximum absolute atomic E-state index is 11.8. The van der Waals surface area contributed by atoms with Gasteiger partial charge in [-0.15, -0.1) is 0 Å². The molecule has 0 spiro atoms. The number of anilines is 1. The number of amides is 1. The summed E-state index contributed by atoms with van der Waals surface area (Å²) in [5.74, 6) is -0.895. The Bertz CT molecular complexity index is 675. The first-order chi connectivity index (χ1) is 9.68. The van der Waals surface area contributed by atoms with Gasteiger partial charge in [-0.3, -0.25) is 14.9 Å². The van der Waals surface area contributed by atoms with E-state index in [2.05, 4.69) is 5.32 Å². The molecule has 116 valence electrons. The van der Waals surface area contributed by atoms with Crippen molar-refractivity contribution in [3.8, 4) is 0 Å². The van der Waals surface area contributed by atoms with E-state index in [9.17, 15) is 23.3 Å². The van der Waals surface area contributed by atoms with Gasteiger partial charge in [0.15, 0.2) is 9.84 Å². The van der Waals surface area contributed by atoms with Crippen LogP contribution in [0.15, 0.2) is 12.1 Å². The van der Waals surface area contributed by atoms with Gasteiger partial charge in [0, 0.05) is 23.9 Å². The highest BCUT2D eigenvalue weighted by atomic mass is 35.5. The Labute approximate surface area is 126 Å². The van der Waals surface area contributed by atoms with Gasteiger partial charge < -0.3 is 11.1 Å². The zero-order valence-electron chi connectivity index (χ0n) is 11.1. The first-order valence-electron chi connectivity index (χ1n) is 5.90. The van der Waals surface area contributed by atoms with Crippen LogP contribution in [0.25, 0.3) is 0 Å². The van der Waals surface area contributed by atoms with Crippen molar-refractivity contribution < 1.29 is 18.1 Å². The number of hydrogen-bond donors (Lipinski definition) is 2. The number of nitrogens with zero attached hydrogens (tertiary/aromatic N) is 1. The number of nitro groups is 1. The molecule has 1 aromatic carbocycles. The smallest absolute Gasteiger partial charge is 0.294 e. The van der Waals surface area contributed by atoms with Crippen molar-refractivity contribution in [1.82, 2.24) is 5.32 Å². The monoisotopic (exact) mass is 335 g/mol. The summed E-state index contributed by atoms with van der Waals surface area (Å²) in [6.07, 6.45) is 0. The van der Waals surface area contributed by atoms with Crippen LogP contribution in [0.5, 0.6) is 0 Å². The number of nitrogen functional groups attached to an aromatic ring is 1. The number of nitrogens with one attached hydrogen (secondary N) is 1. The normalized spacial score (nSPS) is 11.1. The summed E-state index contributed by atoms with van der Waals surface area (Å²) in [5.41, 5.74) is 4.68. The van der Waals surface area contributed by atoms with Crippen LogP contribution in [0, 0.1) is 10.1 Å². The molecular formula is C11H14ClN3O5S. The van der Waals surface area contributed by atoms with Crippen LogP contribution in [-0.4, -0.2) is 37.3 Å². The fourth-order valence-electron chi connectivity index (χ4n) is 1.45. The molecule has 8 nitrogen and oxygen atoms in total. The molecule has 0 aromatic heterocycles. The highest BCUT2D eigenvalue weighted by Crippen LogP contribution is 2.30. The molecule has 0 saturated heterocycles. The summed E-state index contributed by atoms with van der Waals surface area (Å²) in [5, 5.41) is 13.0. The second-order valence-electron chi connectivity index (χ2n) is 4.14. The van der Waals surface area contributed by atoms with E-state index in [1.165, 1.54) is 13.0 Å². The van der Waals surface area contributed by atoms with Crippen LogP contribution in [-0.2, 0) is 9.84 Å². The van der Waals surface area contributed by atoms with E-state index in [0.717, 1.165) is 6.07 Å². The van der Waals surface area contributed by atoms with Gasteiger partial charge in [0.2, 0.25) is 0 Å². The number of nitro benzene ring substituents is 1. The molecule has 1 rings (SSSR count). The van der Waals surface area contributed by atoms with Crippen LogP contribution in [0.4, 0.5) is 11.4 Å². The Morgan fingerprint density at radius 2 is 2.10 bits per heavy atom. The summed E-state index contributed by atoms with van der Waals surface area (Å²) < 4.78 is 22.6. The van der Waals surface area contributed by atoms with Gasteiger partial charge in [-0.2, -0.15) is 0 Å². The van der Waals surface area contributed by atoms with Gasteiger partial charge in [0.1, 0.15) is 5.69 Å². The molecule has 3 N–H and O–H groups in total. The zero-order chi connectivity index (χ0) is 16.2. The first-order valence-corrected chi connectivity index (χ1v) is 8.10. The fourth-order valence-corrected chi connectivity index (χ4v) is 2.37. The number of sulfone groups is 1. The third-order valence-corrected chi connectivity index (χ3v) is 4.72.